The van der Waals surface area contributed by atoms with E-state index >= 15 is 0 Å². The predicted molar refractivity (Wildman–Crippen MR) is 129 cm³/mol. The van der Waals surface area contributed by atoms with E-state index in [0.717, 1.165) is 75.0 Å². The first-order chi connectivity index (χ1) is 15.8. The number of nitrogens with zero attached hydrogens (tertiary/aromatic N) is 3. The zero-order chi connectivity index (χ0) is 21.8. The Labute approximate surface area is 193 Å². The second-order valence-corrected chi connectivity index (χ2v) is 9.68. The highest BCUT2D eigenvalue weighted by atomic mass is 32.1. The molecule has 6 heteroatoms. The van der Waals surface area contributed by atoms with Crippen molar-refractivity contribution >= 4 is 22.3 Å². The summed E-state index contributed by atoms with van der Waals surface area (Å²) in [5, 5.41) is 1.09. The number of ether oxygens (including phenoxy) is 1. The molecule has 3 aromatic rings. The van der Waals surface area contributed by atoms with Crippen molar-refractivity contribution in [3.63, 3.8) is 0 Å². The maximum Gasteiger partial charge on any atom is 0.185 e. The van der Waals surface area contributed by atoms with Crippen molar-refractivity contribution in [1.29, 1.82) is 0 Å². The minimum Gasteiger partial charge on any atom is -0.378 e. The standard InChI is InChI=1S/C26H29N3O2S/c30-25(22-10-8-21(9-11-22)20-5-2-1-3-6-20)23-7-4-12-28(18-23)19-24-17-27-26(32-24)29-13-15-31-16-14-29/h1-3,5-6,8-11,17,23H,4,7,12-16,18-19H2. The van der Waals surface area contributed by atoms with Crippen molar-refractivity contribution < 1.29 is 9.53 Å². The van der Waals surface area contributed by atoms with Crippen LogP contribution in [0.1, 0.15) is 28.1 Å². The molecule has 0 saturated carbocycles. The molecular formula is C26H29N3O2S. The second kappa shape index (κ2) is 9.94. The molecule has 0 bridgehead atoms. The lowest BCUT2D eigenvalue weighted by molar-refractivity contribution is 0.0812. The smallest absolute Gasteiger partial charge is 0.185 e. The highest BCUT2D eigenvalue weighted by molar-refractivity contribution is 7.15. The molecule has 5 rings (SSSR count). The zero-order valence-corrected chi connectivity index (χ0v) is 19.1. The number of anilines is 1. The molecule has 5 nitrogen and oxygen atoms in total. The monoisotopic (exact) mass is 447 g/mol. The topological polar surface area (TPSA) is 45.7 Å². The van der Waals surface area contributed by atoms with Crippen molar-refractivity contribution in [2.75, 3.05) is 44.3 Å². The summed E-state index contributed by atoms with van der Waals surface area (Å²) in [6.07, 6.45) is 4.04. The highest BCUT2D eigenvalue weighted by Crippen LogP contribution is 2.28. The zero-order valence-electron chi connectivity index (χ0n) is 18.3. The van der Waals surface area contributed by atoms with Crippen LogP contribution in [-0.4, -0.2) is 55.1 Å². The van der Waals surface area contributed by atoms with Crippen LogP contribution in [0.25, 0.3) is 11.1 Å². The quantitative estimate of drug-likeness (QED) is 0.511. The molecule has 2 aliphatic heterocycles. The highest BCUT2D eigenvalue weighted by Gasteiger charge is 2.27. The Morgan fingerprint density at radius 3 is 2.53 bits per heavy atom. The molecule has 2 saturated heterocycles. The van der Waals surface area contributed by atoms with Gasteiger partial charge in [0.1, 0.15) is 0 Å². The number of aromatic nitrogens is 1. The Balaban J connectivity index is 1.20. The van der Waals surface area contributed by atoms with Gasteiger partial charge in [0, 0.05) is 48.7 Å². The lowest BCUT2D eigenvalue weighted by Gasteiger charge is -2.31. The van der Waals surface area contributed by atoms with Crippen LogP contribution < -0.4 is 4.90 Å². The first kappa shape index (κ1) is 21.3. The minimum absolute atomic E-state index is 0.0676. The summed E-state index contributed by atoms with van der Waals surface area (Å²) in [5.74, 6) is 0.339. The van der Waals surface area contributed by atoms with E-state index in [4.69, 9.17) is 4.74 Å². The van der Waals surface area contributed by atoms with Gasteiger partial charge in [0.15, 0.2) is 10.9 Å². The number of carbonyl (C=O) groups is 1. The van der Waals surface area contributed by atoms with E-state index in [1.165, 1.54) is 10.4 Å². The SMILES string of the molecule is O=C(c1ccc(-c2ccccc2)cc1)C1CCCN(Cc2cnc(N3CCOCC3)s2)C1. The average molecular weight is 448 g/mol. The molecule has 32 heavy (non-hydrogen) atoms. The summed E-state index contributed by atoms with van der Waals surface area (Å²) >= 11 is 1.77. The summed E-state index contributed by atoms with van der Waals surface area (Å²) < 4.78 is 5.44. The van der Waals surface area contributed by atoms with Crippen LogP contribution in [0, 0.1) is 5.92 Å². The Hall–Kier alpha value is -2.54. The molecule has 166 valence electrons. The average Bonchev–Trinajstić information content (AvgIpc) is 3.33. The van der Waals surface area contributed by atoms with E-state index in [1.807, 2.05) is 36.5 Å². The fourth-order valence-electron chi connectivity index (χ4n) is 4.60. The van der Waals surface area contributed by atoms with Crippen molar-refractivity contribution in [1.82, 2.24) is 9.88 Å². The Bertz CT molecular complexity index is 1030. The number of hydrogen-bond donors (Lipinski definition) is 0. The summed E-state index contributed by atoms with van der Waals surface area (Å²) in [6, 6.07) is 18.4. The fraction of sp³-hybridized carbons (Fsp3) is 0.385. The number of rotatable bonds is 6. The van der Waals surface area contributed by atoms with Crippen LogP contribution >= 0.6 is 11.3 Å². The molecule has 0 radical (unpaired) electrons. The van der Waals surface area contributed by atoms with Crippen molar-refractivity contribution in [3.05, 3.63) is 71.2 Å². The van der Waals surface area contributed by atoms with Crippen LogP contribution in [0.2, 0.25) is 0 Å². The van der Waals surface area contributed by atoms with Crippen LogP contribution in [-0.2, 0) is 11.3 Å². The third-order valence-corrected chi connectivity index (χ3v) is 7.40. The minimum atomic E-state index is 0.0676. The molecule has 1 unspecified atom stereocenters. The number of thiazole rings is 1. The van der Waals surface area contributed by atoms with Crippen LogP contribution in [0.15, 0.2) is 60.8 Å². The number of hydrogen-bond acceptors (Lipinski definition) is 6. The molecule has 0 aliphatic carbocycles. The van der Waals surface area contributed by atoms with Gasteiger partial charge < -0.3 is 9.64 Å². The largest absolute Gasteiger partial charge is 0.378 e. The second-order valence-electron chi connectivity index (χ2n) is 8.59. The Kier molecular flexibility index (Phi) is 6.62. The molecule has 2 fully saturated rings. The molecule has 2 aromatic carbocycles. The summed E-state index contributed by atoms with van der Waals surface area (Å²) in [4.78, 5) is 23.8. The van der Waals surface area contributed by atoms with E-state index in [0.29, 0.717) is 0 Å². The summed E-state index contributed by atoms with van der Waals surface area (Å²) in [5.41, 5.74) is 3.15. The van der Waals surface area contributed by atoms with Gasteiger partial charge in [-0.05, 0) is 30.5 Å². The van der Waals surface area contributed by atoms with Gasteiger partial charge in [-0.25, -0.2) is 4.98 Å². The first-order valence-corrected chi connectivity index (χ1v) is 12.3. The van der Waals surface area contributed by atoms with Crippen molar-refractivity contribution in [2.24, 2.45) is 5.92 Å². The third kappa shape index (κ3) is 4.93. The molecule has 0 amide bonds. The number of ketones is 1. The lowest BCUT2D eigenvalue weighted by Crippen LogP contribution is -2.38. The summed E-state index contributed by atoms with van der Waals surface area (Å²) in [7, 11) is 0. The molecule has 0 spiro atoms. The maximum absolute atomic E-state index is 13.2. The number of morpholine rings is 1. The van der Waals surface area contributed by atoms with E-state index in [-0.39, 0.29) is 11.7 Å². The van der Waals surface area contributed by atoms with Crippen molar-refractivity contribution in [2.45, 2.75) is 19.4 Å². The van der Waals surface area contributed by atoms with Crippen molar-refractivity contribution in [3.8, 4) is 11.1 Å². The summed E-state index contributed by atoms with van der Waals surface area (Å²) in [6.45, 7) is 6.12. The van der Waals surface area contributed by atoms with E-state index in [1.54, 1.807) is 11.3 Å². The van der Waals surface area contributed by atoms with Gasteiger partial charge in [-0.15, -0.1) is 11.3 Å². The van der Waals surface area contributed by atoms with Gasteiger partial charge in [-0.3, -0.25) is 9.69 Å². The van der Waals surface area contributed by atoms with Crippen LogP contribution in [0.3, 0.4) is 0 Å². The van der Waals surface area contributed by atoms with E-state index in [9.17, 15) is 4.79 Å². The van der Waals surface area contributed by atoms with Gasteiger partial charge in [-0.1, -0.05) is 54.6 Å². The molecule has 1 aromatic heterocycles. The molecule has 3 heterocycles. The van der Waals surface area contributed by atoms with Gasteiger partial charge in [0.25, 0.3) is 0 Å². The number of benzene rings is 2. The van der Waals surface area contributed by atoms with Gasteiger partial charge in [-0.2, -0.15) is 0 Å². The lowest BCUT2D eigenvalue weighted by atomic mass is 9.89. The Morgan fingerprint density at radius 2 is 1.75 bits per heavy atom. The van der Waals surface area contributed by atoms with E-state index in [2.05, 4.69) is 39.0 Å². The number of carbonyl (C=O) groups excluding carboxylic acids is 1. The van der Waals surface area contributed by atoms with Crippen LogP contribution in [0.4, 0.5) is 5.13 Å². The van der Waals surface area contributed by atoms with Gasteiger partial charge in [0.2, 0.25) is 0 Å². The maximum atomic E-state index is 13.2. The number of likely N-dealkylation sites (tertiary alicyclic amines) is 1. The first-order valence-electron chi connectivity index (χ1n) is 11.5. The predicted octanol–water partition coefficient (Wildman–Crippen LogP) is 4.74. The van der Waals surface area contributed by atoms with E-state index < -0.39 is 0 Å². The normalized spacial score (nSPS) is 19.8. The number of Topliss-reactive ketones (excluding diaryl/α,β-unsaturated/α-hetero) is 1. The fourth-order valence-corrected chi connectivity index (χ4v) is 5.60. The van der Waals surface area contributed by atoms with Gasteiger partial charge >= 0.3 is 0 Å². The van der Waals surface area contributed by atoms with Gasteiger partial charge in [0.05, 0.1) is 13.2 Å². The van der Waals surface area contributed by atoms with Crippen LogP contribution in [0.5, 0.6) is 0 Å². The number of piperidine rings is 1. The third-order valence-electron chi connectivity index (χ3n) is 6.36. The molecular weight excluding hydrogens is 418 g/mol. The Morgan fingerprint density at radius 1 is 1.00 bits per heavy atom. The molecule has 2 aliphatic rings. The molecule has 0 N–H and O–H groups in total. The molecule has 1 atom stereocenters.